The summed E-state index contributed by atoms with van der Waals surface area (Å²) in [4.78, 5) is 10.1. The zero-order chi connectivity index (χ0) is 7.49. The molecule has 0 rings (SSSR count). The highest BCUT2D eigenvalue weighted by molar-refractivity contribution is 5.56. The van der Waals surface area contributed by atoms with E-state index in [1.807, 2.05) is 27.7 Å². The molecule has 2 nitrogen and oxygen atoms in total. The van der Waals surface area contributed by atoms with E-state index in [1.165, 1.54) is 0 Å². The molecule has 0 fully saturated rings. The lowest BCUT2D eigenvalue weighted by molar-refractivity contribution is -0.109. The molecule has 0 aliphatic rings. The Morgan fingerprint density at radius 2 is 1.89 bits per heavy atom. The Morgan fingerprint density at radius 3 is 2.00 bits per heavy atom. The number of hydrogen-bond donors (Lipinski definition) is 1. The van der Waals surface area contributed by atoms with Crippen LogP contribution in [0.5, 0.6) is 0 Å². The third kappa shape index (κ3) is 5.50. The second kappa shape index (κ2) is 2.97. The van der Waals surface area contributed by atoms with Crippen molar-refractivity contribution >= 4 is 6.29 Å². The summed E-state index contributed by atoms with van der Waals surface area (Å²) in [7, 11) is 0. The molecule has 0 aromatic rings. The van der Waals surface area contributed by atoms with Crippen molar-refractivity contribution in [1.82, 2.24) is 5.32 Å². The largest absolute Gasteiger partial charge is 0.303 e. The van der Waals surface area contributed by atoms with Crippen LogP contribution < -0.4 is 5.32 Å². The molecule has 0 bridgehead atoms. The van der Waals surface area contributed by atoms with Gasteiger partial charge >= 0.3 is 0 Å². The first-order valence-corrected chi connectivity index (χ1v) is 3.19. The average molecular weight is 129 g/mol. The van der Waals surface area contributed by atoms with Gasteiger partial charge < -0.3 is 10.1 Å². The standard InChI is InChI=1S/C7H15NO/c1-6(5-9)8-7(2,3)4/h5-6,8H,1-4H3/t6-/m0/s1. The first-order valence-electron chi connectivity index (χ1n) is 3.19. The maximum Gasteiger partial charge on any atom is 0.136 e. The van der Waals surface area contributed by atoms with Gasteiger partial charge in [0.25, 0.3) is 0 Å². The van der Waals surface area contributed by atoms with Gasteiger partial charge in [-0.25, -0.2) is 0 Å². The van der Waals surface area contributed by atoms with Crippen molar-refractivity contribution in [3.63, 3.8) is 0 Å². The van der Waals surface area contributed by atoms with E-state index < -0.39 is 0 Å². The smallest absolute Gasteiger partial charge is 0.136 e. The predicted octanol–water partition coefficient (Wildman–Crippen LogP) is 0.962. The minimum absolute atomic E-state index is 0.0370. The van der Waals surface area contributed by atoms with Gasteiger partial charge in [-0.1, -0.05) is 0 Å². The molecule has 0 amide bonds. The molecule has 0 saturated carbocycles. The van der Waals surface area contributed by atoms with Crippen LogP contribution in [0.25, 0.3) is 0 Å². The number of carbonyl (C=O) groups excluding carboxylic acids is 1. The Bertz CT molecular complexity index is 93.6. The Kier molecular flexibility index (Phi) is 2.85. The minimum atomic E-state index is -0.0370. The predicted molar refractivity (Wildman–Crippen MR) is 38.4 cm³/mol. The zero-order valence-electron chi connectivity index (χ0n) is 6.56. The van der Waals surface area contributed by atoms with Crippen LogP contribution in [-0.4, -0.2) is 17.9 Å². The van der Waals surface area contributed by atoms with E-state index in [9.17, 15) is 4.79 Å². The molecule has 0 aliphatic heterocycles. The molecular formula is C7H15NO. The van der Waals surface area contributed by atoms with E-state index in [2.05, 4.69) is 5.32 Å². The molecule has 0 saturated heterocycles. The van der Waals surface area contributed by atoms with Crippen molar-refractivity contribution in [1.29, 1.82) is 0 Å². The molecule has 0 unspecified atom stereocenters. The maximum atomic E-state index is 10.1. The number of carbonyl (C=O) groups is 1. The van der Waals surface area contributed by atoms with Crippen LogP contribution in [0.1, 0.15) is 27.7 Å². The fraction of sp³-hybridized carbons (Fsp3) is 0.857. The van der Waals surface area contributed by atoms with Crippen LogP contribution in [0.15, 0.2) is 0 Å². The van der Waals surface area contributed by atoms with Crippen molar-refractivity contribution < 1.29 is 4.79 Å². The molecule has 0 spiro atoms. The van der Waals surface area contributed by atoms with E-state index in [4.69, 9.17) is 0 Å². The summed E-state index contributed by atoms with van der Waals surface area (Å²) in [6.07, 6.45) is 0.908. The quantitative estimate of drug-likeness (QED) is 0.563. The molecule has 1 N–H and O–H groups in total. The van der Waals surface area contributed by atoms with Crippen molar-refractivity contribution in [3.05, 3.63) is 0 Å². The molecule has 1 atom stereocenters. The number of rotatable bonds is 2. The van der Waals surface area contributed by atoms with E-state index in [-0.39, 0.29) is 11.6 Å². The van der Waals surface area contributed by atoms with Gasteiger partial charge in [-0.05, 0) is 27.7 Å². The first-order chi connectivity index (χ1) is 3.95. The van der Waals surface area contributed by atoms with Gasteiger partial charge in [0.1, 0.15) is 6.29 Å². The lowest BCUT2D eigenvalue weighted by Gasteiger charge is -2.22. The van der Waals surface area contributed by atoms with E-state index in [0.29, 0.717) is 0 Å². The summed E-state index contributed by atoms with van der Waals surface area (Å²) in [5, 5.41) is 3.10. The maximum absolute atomic E-state index is 10.1. The third-order valence-corrected chi connectivity index (χ3v) is 0.865. The van der Waals surface area contributed by atoms with Gasteiger partial charge in [0.2, 0.25) is 0 Å². The van der Waals surface area contributed by atoms with Crippen molar-refractivity contribution in [2.75, 3.05) is 0 Å². The van der Waals surface area contributed by atoms with Crippen LogP contribution in [0.2, 0.25) is 0 Å². The molecule has 0 radical (unpaired) electrons. The monoisotopic (exact) mass is 129 g/mol. The van der Waals surface area contributed by atoms with Crippen molar-refractivity contribution in [3.8, 4) is 0 Å². The van der Waals surface area contributed by atoms with Crippen LogP contribution >= 0.6 is 0 Å². The molecule has 0 aromatic heterocycles. The topological polar surface area (TPSA) is 29.1 Å². The first kappa shape index (κ1) is 8.63. The second-order valence-electron chi connectivity index (χ2n) is 3.32. The highest BCUT2D eigenvalue weighted by Gasteiger charge is 2.11. The summed E-state index contributed by atoms with van der Waals surface area (Å²) in [5.41, 5.74) is 0.0420. The van der Waals surface area contributed by atoms with Crippen LogP contribution in [0.3, 0.4) is 0 Å². The minimum Gasteiger partial charge on any atom is -0.303 e. The summed E-state index contributed by atoms with van der Waals surface area (Å²) >= 11 is 0. The summed E-state index contributed by atoms with van der Waals surface area (Å²) in [6.45, 7) is 7.95. The fourth-order valence-corrected chi connectivity index (χ4v) is 0.717. The number of hydrogen-bond acceptors (Lipinski definition) is 2. The summed E-state index contributed by atoms with van der Waals surface area (Å²) < 4.78 is 0. The highest BCUT2D eigenvalue weighted by atomic mass is 16.1. The second-order valence-corrected chi connectivity index (χ2v) is 3.32. The SMILES string of the molecule is C[C@@H](C=O)NC(C)(C)C. The fourth-order valence-electron chi connectivity index (χ4n) is 0.717. The molecule has 2 heteroatoms. The molecule has 54 valence electrons. The Hall–Kier alpha value is -0.370. The molecule has 0 heterocycles. The highest BCUT2D eigenvalue weighted by Crippen LogP contribution is 1.98. The number of nitrogens with one attached hydrogen (secondary N) is 1. The Labute approximate surface area is 56.6 Å². The molecule has 9 heavy (non-hydrogen) atoms. The van der Waals surface area contributed by atoms with Gasteiger partial charge in [0.05, 0.1) is 6.04 Å². The van der Waals surface area contributed by atoms with Crippen LogP contribution in [0.4, 0.5) is 0 Å². The van der Waals surface area contributed by atoms with E-state index in [1.54, 1.807) is 0 Å². The molecule has 0 aromatic carbocycles. The van der Waals surface area contributed by atoms with E-state index in [0.717, 1.165) is 6.29 Å². The third-order valence-electron chi connectivity index (χ3n) is 0.865. The van der Waals surface area contributed by atoms with Gasteiger partial charge in [0, 0.05) is 5.54 Å². The molecule has 0 aliphatic carbocycles. The van der Waals surface area contributed by atoms with Gasteiger partial charge in [-0.3, -0.25) is 0 Å². The Morgan fingerprint density at radius 1 is 1.44 bits per heavy atom. The van der Waals surface area contributed by atoms with Crippen LogP contribution in [-0.2, 0) is 4.79 Å². The van der Waals surface area contributed by atoms with Gasteiger partial charge in [-0.15, -0.1) is 0 Å². The normalized spacial score (nSPS) is 15.1. The Balaban J connectivity index is 3.59. The number of aldehydes is 1. The lowest BCUT2D eigenvalue weighted by Crippen LogP contribution is -2.42. The van der Waals surface area contributed by atoms with Gasteiger partial charge in [-0.2, -0.15) is 0 Å². The zero-order valence-corrected chi connectivity index (χ0v) is 6.56. The van der Waals surface area contributed by atoms with Crippen LogP contribution in [0, 0.1) is 0 Å². The van der Waals surface area contributed by atoms with Crippen molar-refractivity contribution in [2.45, 2.75) is 39.3 Å². The average Bonchev–Trinajstić information content (AvgIpc) is 1.62. The van der Waals surface area contributed by atoms with Gasteiger partial charge in [0.15, 0.2) is 0 Å². The summed E-state index contributed by atoms with van der Waals surface area (Å²) in [6, 6.07) is -0.0370. The lowest BCUT2D eigenvalue weighted by atomic mass is 10.1. The van der Waals surface area contributed by atoms with Crippen molar-refractivity contribution in [2.24, 2.45) is 0 Å². The summed E-state index contributed by atoms with van der Waals surface area (Å²) in [5.74, 6) is 0. The van der Waals surface area contributed by atoms with E-state index >= 15 is 0 Å². The molecular weight excluding hydrogens is 114 g/mol.